The van der Waals surface area contributed by atoms with Crippen molar-refractivity contribution in [2.24, 2.45) is 5.10 Å². The molecule has 0 unspecified atom stereocenters. The van der Waals surface area contributed by atoms with E-state index in [2.05, 4.69) is 15.6 Å². The molecule has 0 radical (unpaired) electrons. The summed E-state index contributed by atoms with van der Waals surface area (Å²) >= 11 is 0. The lowest BCUT2D eigenvalue weighted by Gasteiger charge is -2.07. The molecule has 5 nitrogen and oxygen atoms in total. The molecule has 0 saturated carbocycles. The topological polar surface area (TPSA) is 59.3 Å². The average Bonchev–Trinajstić information content (AvgIpc) is 3.22. The van der Waals surface area contributed by atoms with Crippen LogP contribution >= 0.6 is 0 Å². The van der Waals surface area contributed by atoms with Gasteiger partial charge >= 0.3 is 0 Å². The van der Waals surface area contributed by atoms with Crippen LogP contribution in [0.15, 0.2) is 96.1 Å². The highest BCUT2D eigenvalue weighted by Crippen LogP contribution is 2.23. The number of carbonyl (C=O) groups excluding carboxylic acids is 1. The van der Waals surface area contributed by atoms with Gasteiger partial charge in [-0.15, -0.1) is 0 Å². The molecule has 0 bridgehead atoms. The van der Waals surface area contributed by atoms with Crippen molar-refractivity contribution in [3.05, 3.63) is 108 Å². The first-order valence-corrected chi connectivity index (χ1v) is 9.32. The molecule has 4 aromatic rings. The van der Waals surface area contributed by atoms with Crippen molar-refractivity contribution in [3.63, 3.8) is 0 Å². The van der Waals surface area contributed by atoms with Crippen LogP contribution in [-0.4, -0.2) is 21.9 Å². The monoisotopic (exact) mass is 380 g/mol. The summed E-state index contributed by atoms with van der Waals surface area (Å²) in [5, 5.41) is 8.58. The van der Waals surface area contributed by atoms with Crippen molar-refractivity contribution in [3.8, 4) is 16.9 Å². The fraction of sp³-hybridized carbons (Fsp3) is 0.0417. The van der Waals surface area contributed by atoms with Crippen LogP contribution in [0.4, 0.5) is 0 Å². The molecule has 0 aliphatic heterocycles. The standard InChI is InChI=1S/C24H20N4O/c1-18-12-14-19(15-13-18)17-25-26-24(29)22-16-23(20-8-4-2-5-9-20)28(27-22)21-10-6-3-7-11-21/h2-17H,1H3,(H,26,29)/b25-17-. The Morgan fingerprint density at radius 2 is 1.59 bits per heavy atom. The molecule has 1 amide bonds. The Labute approximate surface area is 169 Å². The van der Waals surface area contributed by atoms with Crippen molar-refractivity contribution in [1.82, 2.24) is 15.2 Å². The molecule has 4 rings (SSSR count). The van der Waals surface area contributed by atoms with Crippen LogP contribution in [0.2, 0.25) is 0 Å². The predicted molar refractivity (Wildman–Crippen MR) is 115 cm³/mol. The van der Waals surface area contributed by atoms with Crippen LogP contribution in [0.3, 0.4) is 0 Å². The number of rotatable bonds is 5. The first-order valence-electron chi connectivity index (χ1n) is 9.32. The van der Waals surface area contributed by atoms with E-state index in [4.69, 9.17) is 0 Å². The average molecular weight is 380 g/mol. The van der Waals surface area contributed by atoms with Crippen LogP contribution in [0.1, 0.15) is 21.6 Å². The number of carbonyl (C=O) groups is 1. The maximum atomic E-state index is 12.6. The Hall–Kier alpha value is -3.99. The molecule has 29 heavy (non-hydrogen) atoms. The van der Waals surface area contributed by atoms with Crippen molar-refractivity contribution in [1.29, 1.82) is 0 Å². The minimum atomic E-state index is -0.361. The zero-order chi connectivity index (χ0) is 20.1. The first-order chi connectivity index (χ1) is 14.2. The quantitative estimate of drug-likeness (QED) is 0.406. The van der Waals surface area contributed by atoms with E-state index < -0.39 is 0 Å². The van der Waals surface area contributed by atoms with Gasteiger partial charge in [-0.1, -0.05) is 78.4 Å². The number of amides is 1. The molecule has 3 aromatic carbocycles. The molecular weight excluding hydrogens is 360 g/mol. The molecule has 1 N–H and O–H groups in total. The number of benzene rings is 3. The largest absolute Gasteiger partial charge is 0.291 e. The van der Waals surface area contributed by atoms with Gasteiger partial charge < -0.3 is 0 Å². The van der Waals surface area contributed by atoms with Gasteiger partial charge in [-0.3, -0.25) is 4.79 Å². The number of aromatic nitrogens is 2. The minimum Gasteiger partial charge on any atom is -0.265 e. The Kier molecular flexibility index (Phi) is 5.29. The second kappa shape index (κ2) is 8.35. The van der Waals surface area contributed by atoms with Crippen LogP contribution < -0.4 is 5.43 Å². The van der Waals surface area contributed by atoms with E-state index in [0.717, 1.165) is 22.5 Å². The van der Waals surface area contributed by atoms with Gasteiger partial charge in [0, 0.05) is 5.56 Å². The Morgan fingerprint density at radius 1 is 0.931 bits per heavy atom. The maximum absolute atomic E-state index is 12.6. The molecule has 1 aromatic heterocycles. The Balaban J connectivity index is 1.61. The van der Waals surface area contributed by atoms with Crippen LogP contribution in [-0.2, 0) is 0 Å². The van der Waals surface area contributed by atoms with Gasteiger partial charge in [0.15, 0.2) is 5.69 Å². The fourth-order valence-electron chi connectivity index (χ4n) is 2.95. The number of hydrogen-bond donors (Lipinski definition) is 1. The lowest BCUT2D eigenvalue weighted by Crippen LogP contribution is -2.18. The highest BCUT2D eigenvalue weighted by atomic mass is 16.2. The van der Waals surface area contributed by atoms with E-state index >= 15 is 0 Å². The normalized spacial score (nSPS) is 10.9. The highest BCUT2D eigenvalue weighted by Gasteiger charge is 2.16. The molecule has 0 atom stereocenters. The van der Waals surface area contributed by atoms with Gasteiger partial charge in [0.1, 0.15) is 0 Å². The van der Waals surface area contributed by atoms with E-state index in [9.17, 15) is 4.79 Å². The lowest BCUT2D eigenvalue weighted by atomic mass is 10.1. The molecule has 0 spiro atoms. The molecule has 1 heterocycles. The second-order valence-electron chi connectivity index (χ2n) is 6.64. The highest BCUT2D eigenvalue weighted by molar-refractivity contribution is 5.94. The second-order valence-corrected chi connectivity index (χ2v) is 6.64. The van der Waals surface area contributed by atoms with Crippen molar-refractivity contribution in [2.75, 3.05) is 0 Å². The van der Waals surface area contributed by atoms with Crippen LogP contribution in [0, 0.1) is 6.92 Å². The zero-order valence-electron chi connectivity index (χ0n) is 16.0. The number of hydrazone groups is 1. The predicted octanol–water partition coefficient (Wildman–Crippen LogP) is 4.61. The van der Waals surface area contributed by atoms with Crippen molar-refractivity contribution in [2.45, 2.75) is 6.92 Å². The third-order valence-electron chi connectivity index (χ3n) is 4.47. The van der Waals surface area contributed by atoms with Gasteiger partial charge in [-0.25, -0.2) is 10.1 Å². The van der Waals surface area contributed by atoms with E-state index in [1.165, 1.54) is 5.56 Å². The van der Waals surface area contributed by atoms with Crippen molar-refractivity contribution >= 4 is 12.1 Å². The van der Waals surface area contributed by atoms with Crippen LogP contribution in [0.5, 0.6) is 0 Å². The number of para-hydroxylation sites is 1. The third-order valence-corrected chi connectivity index (χ3v) is 4.47. The Morgan fingerprint density at radius 3 is 2.28 bits per heavy atom. The molecular formula is C24H20N4O. The third kappa shape index (κ3) is 4.30. The van der Waals surface area contributed by atoms with Crippen LogP contribution in [0.25, 0.3) is 16.9 Å². The maximum Gasteiger partial charge on any atom is 0.291 e. The van der Waals surface area contributed by atoms with E-state index in [1.54, 1.807) is 17.0 Å². The van der Waals surface area contributed by atoms with Gasteiger partial charge in [-0.05, 0) is 30.7 Å². The molecule has 142 valence electrons. The lowest BCUT2D eigenvalue weighted by molar-refractivity contribution is 0.0949. The Bertz CT molecular complexity index is 1070. The summed E-state index contributed by atoms with van der Waals surface area (Å²) < 4.78 is 1.77. The smallest absolute Gasteiger partial charge is 0.265 e. The SMILES string of the molecule is Cc1ccc(/C=N\NC(=O)c2cc(-c3ccccc3)n(-c3ccccc3)n2)cc1. The molecule has 0 saturated heterocycles. The van der Waals surface area contributed by atoms with Gasteiger partial charge in [0.2, 0.25) is 0 Å². The van der Waals surface area contributed by atoms with E-state index in [1.807, 2.05) is 91.9 Å². The zero-order valence-corrected chi connectivity index (χ0v) is 16.0. The summed E-state index contributed by atoms with van der Waals surface area (Å²) in [5.41, 5.74) is 7.64. The van der Waals surface area contributed by atoms with Gasteiger partial charge in [0.25, 0.3) is 5.91 Å². The van der Waals surface area contributed by atoms with Gasteiger partial charge in [-0.2, -0.15) is 10.2 Å². The molecule has 0 aliphatic rings. The molecule has 0 fully saturated rings. The molecule has 0 aliphatic carbocycles. The summed E-state index contributed by atoms with van der Waals surface area (Å²) in [6, 6.07) is 29.3. The summed E-state index contributed by atoms with van der Waals surface area (Å²) in [4.78, 5) is 12.6. The number of hydrogen-bond acceptors (Lipinski definition) is 3. The number of aryl methyl sites for hydroxylation is 1. The summed E-state index contributed by atoms with van der Waals surface area (Å²) in [7, 11) is 0. The number of nitrogens with one attached hydrogen (secondary N) is 1. The van der Waals surface area contributed by atoms with E-state index in [-0.39, 0.29) is 5.91 Å². The summed E-state index contributed by atoms with van der Waals surface area (Å²) in [6.45, 7) is 2.02. The minimum absolute atomic E-state index is 0.300. The van der Waals surface area contributed by atoms with Gasteiger partial charge in [0.05, 0.1) is 17.6 Å². The van der Waals surface area contributed by atoms with Crippen molar-refractivity contribution < 1.29 is 4.79 Å². The summed E-state index contributed by atoms with van der Waals surface area (Å²) in [6.07, 6.45) is 1.61. The fourth-order valence-corrected chi connectivity index (χ4v) is 2.95. The van der Waals surface area contributed by atoms with E-state index in [0.29, 0.717) is 5.69 Å². The first kappa shape index (κ1) is 18.4. The molecule has 5 heteroatoms. The number of nitrogens with zero attached hydrogens (tertiary/aromatic N) is 3. The summed E-state index contributed by atoms with van der Waals surface area (Å²) in [5.74, 6) is -0.361.